The molecule has 0 unspecified atom stereocenters. The van der Waals surface area contributed by atoms with E-state index in [1.807, 2.05) is 0 Å². The second kappa shape index (κ2) is 5.80. The molecule has 1 aromatic heterocycles. The Morgan fingerprint density at radius 3 is 2.70 bits per heavy atom. The molecule has 1 heterocycles. The van der Waals surface area contributed by atoms with Crippen LogP contribution in [-0.4, -0.2) is 8.42 Å². The van der Waals surface area contributed by atoms with Crippen LogP contribution in [0, 0.1) is 12.7 Å². The zero-order valence-electron chi connectivity index (χ0n) is 10.5. The Balaban J connectivity index is 2.40. The van der Waals surface area contributed by atoms with E-state index in [1.165, 1.54) is 35.6 Å². The van der Waals surface area contributed by atoms with Crippen LogP contribution in [0.3, 0.4) is 0 Å². The summed E-state index contributed by atoms with van der Waals surface area (Å²) in [7, 11) is -3.83. The molecule has 0 amide bonds. The third-order valence-electron chi connectivity index (χ3n) is 2.59. The van der Waals surface area contributed by atoms with Gasteiger partial charge in [-0.3, -0.25) is 4.72 Å². The van der Waals surface area contributed by atoms with Gasteiger partial charge in [0.05, 0.1) is 5.69 Å². The number of sulfonamides is 1. The second-order valence-electron chi connectivity index (χ2n) is 4.07. The van der Waals surface area contributed by atoms with Gasteiger partial charge in [-0.25, -0.2) is 12.8 Å². The lowest BCUT2D eigenvalue weighted by atomic mass is 10.3. The van der Waals surface area contributed by atoms with Gasteiger partial charge in [-0.15, -0.1) is 11.3 Å². The van der Waals surface area contributed by atoms with Crippen LogP contribution in [0.25, 0.3) is 0 Å². The molecule has 0 fully saturated rings. The van der Waals surface area contributed by atoms with E-state index in [9.17, 15) is 12.8 Å². The van der Waals surface area contributed by atoms with Crippen molar-refractivity contribution < 1.29 is 12.8 Å². The van der Waals surface area contributed by atoms with Crippen LogP contribution in [0.2, 0.25) is 0 Å². The van der Waals surface area contributed by atoms with Gasteiger partial charge in [0.1, 0.15) is 10.7 Å². The van der Waals surface area contributed by atoms with Crippen LogP contribution in [-0.2, 0) is 16.6 Å². The summed E-state index contributed by atoms with van der Waals surface area (Å²) in [4.78, 5) is 1.51. The molecule has 0 aliphatic rings. The third-order valence-corrected chi connectivity index (χ3v) is 5.77. The van der Waals surface area contributed by atoms with Gasteiger partial charge < -0.3 is 5.73 Å². The SMILES string of the molecule is Cc1sc(CN)cc1S(=O)(=O)Nc1cc(Br)ccc1F. The van der Waals surface area contributed by atoms with Crippen molar-refractivity contribution in [1.82, 2.24) is 0 Å². The summed E-state index contributed by atoms with van der Waals surface area (Å²) >= 11 is 4.49. The van der Waals surface area contributed by atoms with Crippen molar-refractivity contribution in [3.05, 3.63) is 44.3 Å². The van der Waals surface area contributed by atoms with Crippen molar-refractivity contribution in [3.63, 3.8) is 0 Å². The summed E-state index contributed by atoms with van der Waals surface area (Å²) in [6, 6.07) is 5.57. The number of anilines is 1. The molecule has 8 heteroatoms. The molecule has 0 aliphatic carbocycles. The molecule has 0 radical (unpaired) electrons. The Bertz CT molecular complexity index is 744. The van der Waals surface area contributed by atoms with E-state index in [1.54, 1.807) is 6.92 Å². The molecule has 0 spiro atoms. The molecule has 3 N–H and O–H groups in total. The van der Waals surface area contributed by atoms with Crippen LogP contribution in [0.4, 0.5) is 10.1 Å². The Hall–Kier alpha value is -0.960. The maximum absolute atomic E-state index is 13.6. The lowest BCUT2D eigenvalue weighted by Crippen LogP contribution is -2.14. The van der Waals surface area contributed by atoms with Crippen LogP contribution in [0.5, 0.6) is 0 Å². The molecule has 0 bridgehead atoms. The van der Waals surface area contributed by atoms with Crippen molar-refractivity contribution in [2.24, 2.45) is 5.73 Å². The minimum atomic E-state index is -3.83. The zero-order valence-corrected chi connectivity index (χ0v) is 13.7. The average Bonchev–Trinajstić information content (AvgIpc) is 2.76. The van der Waals surface area contributed by atoms with Crippen molar-refractivity contribution in [3.8, 4) is 0 Å². The predicted molar refractivity (Wildman–Crippen MR) is 81.9 cm³/mol. The van der Waals surface area contributed by atoms with E-state index in [2.05, 4.69) is 20.7 Å². The number of aryl methyl sites for hydroxylation is 1. The van der Waals surface area contributed by atoms with Gasteiger partial charge in [0, 0.05) is 20.8 Å². The average molecular weight is 379 g/mol. The first kappa shape index (κ1) is 15.4. The number of hydrogen-bond donors (Lipinski definition) is 2. The largest absolute Gasteiger partial charge is 0.326 e. The highest BCUT2D eigenvalue weighted by Crippen LogP contribution is 2.28. The summed E-state index contributed by atoms with van der Waals surface area (Å²) in [5.74, 6) is -0.635. The molecule has 0 atom stereocenters. The Kier molecular flexibility index (Phi) is 4.48. The lowest BCUT2D eigenvalue weighted by molar-refractivity contribution is 0.598. The number of nitrogens with two attached hydrogens (primary N) is 1. The van der Waals surface area contributed by atoms with E-state index in [-0.39, 0.29) is 17.1 Å². The zero-order chi connectivity index (χ0) is 14.9. The van der Waals surface area contributed by atoms with Crippen LogP contribution < -0.4 is 10.5 Å². The summed E-state index contributed by atoms with van der Waals surface area (Å²) in [5.41, 5.74) is 5.40. The molecule has 0 aliphatic heterocycles. The van der Waals surface area contributed by atoms with Gasteiger partial charge in [-0.1, -0.05) is 15.9 Å². The standard InChI is InChI=1S/C12H12BrFN2O2S2/c1-7-12(5-9(6-15)19-7)20(17,18)16-11-4-8(13)2-3-10(11)14/h2-5,16H,6,15H2,1H3. The molecule has 20 heavy (non-hydrogen) atoms. The first-order valence-corrected chi connectivity index (χ1v) is 8.70. The minimum Gasteiger partial charge on any atom is -0.326 e. The smallest absolute Gasteiger partial charge is 0.263 e. The molecule has 0 saturated carbocycles. The highest BCUT2D eigenvalue weighted by Gasteiger charge is 2.21. The Labute approximate surface area is 129 Å². The van der Waals surface area contributed by atoms with Crippen LogP contribution in [0.1, 0.15) is 9.75 Å². The van der Waals surface area contributed by atoms with Crippen molar-refractivity contribution in [2.75, 3.05) is 4.72 Å². The first-order valence-electron chi connectivity index (χ1n) is 5.60. The first-order chi connectivity index (χ1) is 9.33. The van der Waals surface area contributed by atoms with Crippen LogP contribution >= 0.6 is 27.3 Å². The number of benzene rings is 1. The fourth-order valence-electron chi connectivity index (χ4n) is 1.67. The second-order valence-corrected chi connectivity index (χ2v) is 7.97. The number of thiophene rings is 1. The molecule has 1 aromatic carbocycles. The van der Waals surface area contributed by atoms with E-state index in [4.69, 9.17) is 5.73 Å². The Morgan fingerprint density at radius 2 is 2.10 bits per heavy atom. The molecule has 108 valence electrons. The van der Waals surface area contributed by atoms with Gasteiger partial charge in [0.15, 0.2) is 0 Å². The maximum atomic E-state index is 13.6. The number of halogens is 2. The summed E-state index contributed by atoms with van der Waals surface area (Å²) < 4.78 is 41.0. The molecule has 0 saturated heterocycles. The van der Waals surface area contributed by atoms with Gasteiger partial charge >= 0.3 is 0 Å². The summed E-state index contributed by atoms with van der Waals surface area (Å²) in [6.07, 6.45) is 0. The van der Waals surface area contributed by atoms with E-state index in [0.29, 0.717) is 9.35 Å². The summed E-state index contributed by atoms with van der Waals surface area (Å²) in [6.45, 7) is 1.96. The number of rotatable bonds is 4. The third kappa shape index (κ3) is 3.20. The number of hydrogen-bond acceptors (Lipinski definition) is 4. The van der Waals surface area contributed by atoms with E-state index < -0.39 is 15.8 Å². The molecule has 2 rings (SSSR count). The summed E-state index contributed by atoms with van der Waals surface area (Å²) in [5, 5.41) is 0. The van der Waals surface area contributed by atoms with E-state index >= 15 is 0 Å². The fraction of sp³-hybridized carbons (Fsp3) is 0.167. The van der Waals surface area contributed by atoms with Crippen molar-refractivity contribution in [1.29, 1.82) is 0 Å². The lowest BCUT2D eigenvalue weighted by Gasteiger charge is -2.09. The van der Waals surface area contributed by atoms with Crippen molar-refractivity contribution in [2.45, 2.75) is 18.4 Å². The molecular weight excluding hydrogens is 367 g/mol. The molecular formula is C12H12BrFN2O2S2. The van der Waals surface area contributed by atoms with Gasteiger partial charge in [-0.2, -0.15) is 0 Å². The normalized spacial score (nSPS) is 11.6. The monoisotopic (exact) mass is 378 g/mol. The fourth-order valence-corrected chi connectivity index (χ4v) is 4.60. The molecule has 2 aromatic rings. The molecule has 4 nitrogen and oxygen atoms in total. The van der Waals surface area contributed by atoms with E-state index in [0.717, 1.165) is 4.88 Å². The highest BCUT2D eigenvalue weighted by molar-refractivity contribution is 9.10. The number of nitrogens with one attached hydrogen (secondary N) is 1. The Morgan fingerprint density at radius 1 is 1.40 bits per heavy atom. The van der Waals surface area contributed by atoms with Gasteiger partial charge in [-0.05, 0) is 31.2 Å². The highest BCUT2D eigenvalue weighted by atomic mass is 79.9. The minimum absolute atomic E-state index is 0.0979. The predicted octanol–water partition coefficient (Wildman–Crippen LogP) is 3.22. The van der Waals surface area contributed by atoms with Gasteiger partial charge in [0.2, 0.25) is 0 Å². The maximum Gasteiger partial charge on any atom is 0.263 e. The van der Waals surface area contributed by atoms with Crippen LogP contribution in [0.15, 0.2) is 33.6 Å². The van der Waals surface area contributed by atoms with Gasteiger partial charge in [0.25, 0.3) is 10.0 Å². The topological polar surface area (TPSA) is 72.2 Å². The quantitative estimate of drug-likeness (QED) is 0.857. The van der Waals surface area contributed by atoms with Crippen molar-refractivity contribution >= 4 is 43.0 Å².